The van der Waals surface area contributed by atoms with Gasteiger partial charge in [-0.1, -0.05) is 25.5 Å². The van der Waals surface area contributed by atoms with Crippen molar-refractivity contribution < 1.29 is 19.8 Å². The third-order valence-electron chi connectivity index (χ3n) is 10.1. The molecule has 5 rings (SSSR count). The lowest BCUT2D eigenvalue weighted by Gasteiger charge is -2.59. The number of ketones is 2. The van der Waals surface area contributed by atoms with Gasteiger partial charge in [0.2, 0.25) is 0 Å². The predicted octanol–water partition coefficient (Wildman–Crippen LogP) is 2.23. The molecule has 7 heteroatoms. The molecule has 3 saturated carbocycles. The highest BCUT2D eigenvalue weighted by Gasteiger charge is 2.68. The van der Waals surface area contributed by atoms with Crippen LogP contribution in [0.4, 0.5) is 0 Å². The molecule has 1 saturated heterocycles. The van der Waals surface area contributed by atoms with Crippen LogP contribution in [-0.4, -0.2) is 83.1 Å². The van der Waals surface area contributed by atoms with Gasteiger partial charge in [-0.25, -0.2) is 0 Å². The molecule has 0 aromatic heterocycles. The molecule has 0 aromatic rings. The topological polar surface area (TPSA) is 81.1 Å². The molecule has 0 radical (unpaired) electrons. The van der Waals surface area contributed by atoms with E-state index < -0.39 is 17.1 Å². The summed E-state index contributed by atoms with van der Waals surface area (Å²) in [5.74, 6) is 0.454. The Balaban J connectivity index is 0.00000259. The van der Waals surface area contributed by atoms with Gasteiger partial charge in [0.05, 0.1) is 12.6 Å². The summed E-state index contributed by atoms with van der Waals surface area (Å²) in [4.78, 5) is 29.9. The summed E-state index contributed by atoms with van der Waals surface area (Å²) in [7, 11) is 2.10. The van der Waals surface area contributed by atoms with Gasteiger partial charge in [-0.15, -0.1) is 12.4 Å². The van der Waals surface area contributed by atoms with Crippen molar-refractivity contribution in [2.45, 2.75) is 57.7 Å². The number of aliphatic hydroxyl groups is 2. The number of carbonyl (C=O) groups excluding carboxylic acids is 2. The molecule has 0 bridgehead atoms. The number of rotatable bonds is 3. The third-order valence-corrected chi connectivity index (χ3v) is 10.1. The SMILES string of the molecule is CN1CCN(CC(=O)C2(O)CCC3C4CCC5=CC(=O)C=CC5(C)C4C(O)CC32C)CC1.Cl. The fourth-order valence-corrected chi connectivity index (χ4v) is 8.13. The van der Waals surface area contributed by atoms with E-state index >= 15 is 0 Å². The summed E-state index contributed by atoms with van der Waals surface area (Å²) in [5.41, 5.74) is -1.17. The zero-order chi connectivity index (χ0) is 22.9. The average Bonchev–Trinajstić information content (AvgIpc) is 3.01. The van der Waals surface area contributed by atoms with Gasteiger partial charge in [-0.05, 0) is 63.1 Å². The van der Waals surface area contributed by atoms with Crippen molar-refractivity contribution in [3.63, 3.8) is 0 Å². The number of hydrogen-bond acceptors (Lipinski definition) is 6. The molecular weight excluding hydrogens is 440 g/mol. The highest BCUT2D eigenvalue weighted by atomic mass is 35.5. The van der Waals surface area contributed by atoms with Crippen molar-refractivity contribution in [3.8, 4) is 0 Å². The molecule has 4 aliphatic carbocycles. The molecule has 2 N–H and O–H groups in total. The molecule has 0 amide bonds. The van der Waals surface area contributed by atoms with Crippen molar-refractivity contribution >= 4 is 24.0 Å². The smallest absolute Gasteiger partial charge is 0.178 e. The number of aliphatic hydroxyl groups excluding tert-OH is 1. The minimum absolute atomic E-state index is 0. The molecule has 1 aliphatic heterocycles. The Morgan fingerprint density at radius 2 is 1.88 bits per heavy atom. The van der Waals surface area contributed by atoms with E-state index in [-0.39, 0.29) is 47.1 Å². The second kappa shape index (κ2) is 8.56. The highest BCUT2D eigenvalue weighted by Crippen LogP contribution is 2.67. The third kappa shape index (κ3) is 3.68. The lowest BCUT2D eigenvalue weighted by molar-refractivity contribution is -0.177. The molecular formula is C26H39ClN2O4. The molecule has 6 nitrogen and oxygen atoms in total. The van der Waals surface area contributed by atoms with E-state index in [0.717, 1.165) is 51.0 Å². The van der Waals surface area contributed by atoms with E-state index in [2.05, 4.69) is 30.7 Å². The van der Waals surface area contributed by atoms with Gasteiger partial charge in [-0.3, -0.25) is 14.5 Å². The average molecular weight is 479 g/mol. The Kier molecular flexibility index (Phi) is 6.50. The summed E-state index contributed by atoms with van der Waals surface area (Å²) >= 11 is 0. The quantitative estimate of drug-likeness (QED) is 0.647. The number of allylic oxidation sites excluding steroid dienone is 4. The number of fused-ring (bicyclic) bond motifs is 5. The summed E-state index contributed by atoms with van der Waals surface area (Å²) < 4.78 is 0. The summed E-state index contributed by atoms with van der Waals surface area (Å²) in [6, 6.07) is 0. The maximum Gasteiger partial charge on any atom is 0.178 e. The lowest BCUT2D eigenvalue weighted by atomic mass is 9.46. The Hall–Kier alpha value is -1.05. The van der Waals surface area contributed by atoms with E-state index in [1.54, 1.807) is 12.2 Å². The van der Waals surface area contributed by atoms with E-state index in [1.807, 2.05) is 6.08 Å². The lowest BCUT2D eigenvalue weighted by Crippen LogP contribution is -2.62. The Labute approximate surface area is 203 Å². The number of hydrogen-bond donors (Lipinski definition) is 2. The minimum atomic E-state index is -1.37. The highest BCUT2D eigenvalue weighted by molar-refractivity contribution is 6.01. The Morgan fingerprint density at radius 3 is 2.58 bits per heavy atom. The van der Waals surface area contributed by atoms with Crippen molar-refractivity contribution in [1.82, 2.24) is 9.80 Å². The molecule has 7 unspecified atom stereocenters. The standard InChI is InChI=1S/C26H38N2O4.ClH/c1-24-8-6-18(29)14-17(24)4-5-19-20-7-9-26(32,25(20,2)15-21(30)23(19)24)22(31)16-28-12-10-27(3)11-13-28;/h6,8,14,19-21,23,30,32H,4-5,7,9-13,15-16H2,1-3H3;1H. The minimum Gasteiger partial charge on any atom is -0.393 e. The number of halogens is 1. The zero-order valence-corrected chi connectivity index (χ0v) is 20.9. The van der Waals surface area contributed by atoms with Gasteiger partial charge < -0.3 is 15.1 Å². The van der Waals surface area contributed by atoms with Crippen LogP contribution in [0.3, 0.4) is 0 Å². The van der Waals surface area contributed by atoms with Gasteiger partial charge in [-0.2, -0.15) is 0 Å². The summed E-state index contributed by atoms with van der Waals surface area (Å²) in [5, 5.41) is 23.3. The van der Waals surface area contributed by atoms with Crippen molar-refractivity contribution in [3.05, 3.63) is 23.8 Å². The van der Waals surface area contributed by atoms with E-state index in [0.29, 0.717) is 19.4 Å². The van der Waals surface area contributed by atoms with Crippen LogP contribution in [0.5, 0.6) is 0 Å². The van der Waals surface area contributed by atoms with Crippen LogP contribution in [0.25, 0.3) is 0 Å². The molecule has 0 aromatic carbocycles. The van der Waals surface area contributed by atoms with E-state index in [9.17, 15) is 19.8 Å². The van der Waals surface area contributed by atoms with E-state index in [1.165, 1.54) is 0 Å². The largest absolute Gasteiger partial charge is 0.393 e. The van der Waals surface area contributed by atoms with Crippen LogP contribution in [-0.2, 0) is 9.59 Å². The van der Waals surface area contributed by atoms with Gasteiger partial charge in [0.1, 0.15) is 5.60 Å². The zero-order valence-electron chi connectivity index (χ0n) is 20.1. The molecule has 5 aliphatic rings. The van der Waals surface area contributed by atoms with E-state index in [4.69, 9.17) is 0 Å². The molecule has 33 heavy (non-hydrogen) atoms. The van der Waals surface area contributed by atoms with Crippen molar-refractivity contribution in [2.24, 2.45) is 28.6 Å². The first-order valence-corrected chi connectivity index (χ1v) is 12.4. The molecule has 4 fully saturated rings. The molecule has 7 atom stereocenters. The first-order valence-electron chi connectivity index (χ1n) is 12.4. The van der Waals surface area contributed by atoms with Crippen LogP contribution in [0.1, 0.15) is 46.0 Å². The summed E-state index contributed by atoms with van der Waals surface area (Å²) in [6.07, 6.45) is 8.33. The maximum atomic E-state index is 13.5. The van der Waals surface area contributed by atoms with Gasteiger partial charge >= 0.3 is 0 Å². The van der Waals surface area contributed by atoms with Crippen molar-refractivity contribution in [1.29, 1.82) is 0 Å². The normalized spacial score (nSPS) is 45.5. The molecule has 184 valence electrons. The number of carbonyl (C=O) groups is 2. The second-order valence-corrected chi connectivity index (χ2v) is 11.6. The van der Waals surface area contributed by atoms with Crippen LogP contribution in [0.2, 0.25) is 0 Å². The number of nitrogens with zero attached hydrogens (tertiary/aromatic N) is 2. The first-order chi connectivity index (χ1) is 15.1. The van der Waals surface area contributed by atoms with Gasteiger partial charge in [0, 0.05) is 42.9 Å². The fraction of sp³-hybridized carbons (Fsp3) is 0.769. The number of piperazine rings is 1. The van der Waals surface area contributed by atoms with Gasteiger partial charge in [0.25, 0.3) is 0 Å². The maximum absolute atomic E-state index is 13.5. The van der Waals surface area contributed by atoms with Crippen LogP contribution in [0, 0.1) is 28.6 Å². The Morgan fingerprint density at radius 1 is 1.18 bits per heavy atom. The summed E-state index contributed by atoms with van der Waals surface area (Å²) in [6.45, 7) is 8.10. The predicted molar refractivity (Wildman–Crippen MR) is 129 cm³/mol. The second-order valence-electron chi connectivity index (χ2n) is 11.6. The van der Waals surface area contributed by atoms with Crippen molar-refractivity contribution in [2.75, 3.05) is 39.8 Å². The van der Waals surface area contributed by atoms with Crippen LogP contribution < -0.4 is 0 Å². The first kappa shape index (κ1) is 25.1. The van der Waals surface area contributed by atoms with Gasteiger partial charge in [0.15, 0.2) is 11.6 Å². The number of likely N-dealkylation sites (N-methyl/N-ethyl adjacent to an activating group) is 1. The number of Topliss-reactive ketones (excluding diaryl/α,β-unsaturated/α-hetero) is 1. The van der Waals surface area contributed by atoms with Crippen LogP contribution in [0.15, 0.2) is 23.8 Å². The monoisotopic (exact) mass is 478 g/mol. The molecule has 0 spiro atoms. The molecule has 1 heterocycles. The fourth-order valence-electron chi connectivity index (χ4n) is 8.13. The van der Waals surface area contributed by atoms with Crippen LogP contribution >= 0.6 is 12.4 Å². The Bertz CT molecular complexity index is 882.